The summed E-state index contributed by atoms with van der Waals surface area (Å²) < 4.78 is 80.8. The molecular formula is C17H16F6N2. The summed E-state index contributed by atoms with van der Waals surface area (Å²) >= 11 is 0. The van der Waals surface area contributed by atoms with E-state index in [1.54, 1.807) is 0 Å². The van der Waals surface area contributed by atoms with Crippen molar-refractivity contribution >= 4 is 11.4 Å². The number of hydrogen-bond donors (Lipinski definition) is 2. The van der Waals surface area contributed by atoms with Gasteiger partial charge in [-0.15, -0.1) is 0 Å². The van der Waals surface area contributed by atoms with Gasteiger partial charge in [-0.1, -0.05) is 31.2 Å². The molecule has 0 saturated carbocycles. The Bertz CT molecular complexity index is 657. The summed E-state index contributed by atoms with van der Waals surface area (Å²) in [6, 6.07) is 9.80. The zero-order chi connectivity index (χ0) is 19.0. The van der Waals surface area contributed by atoms with Crippen molar-refractivity contribution in [2.24, 2.45) is 5.92 Å². The molecule has 0 aliphatic heterocycles. The van der Waals surface area contributed by atoms with Crippen LogP contribution in [0.4, 0.5) is 37.7 Å². The summed E-state index contributed by atoms with van der Waals surface area (Å²) in [6.07, 6.45) is -11.0. The number of halogens is 6. The van der Waals surface area contributed by atoms with E-state index in [0.29, 0.717) is 0 Å². The fourth-order valence-corrected chi connectivity index (χ4v) is 3.00. The standard InChI is InChI=1S/C17H16F6N2/c1-15(10-2-6-12(24)7-3-10,11-4-8-13(25)9-5-11)14(16(18,19)20)17(21,22)23/h2-9,14H,24-25H2,1H3. The zero-order valence-electron chi connectivity index (χ0n) is 13.1. The van der Waals surface area contributed by atoms with Crippen LogP contribution in [0.5, 0.6) is 0 Å². The van der Waals surface area contributed by atoms with Gasteiger partial charge < -0.3 is 11.5 Å². The van der Waals surface area contributed by atoms with Gasteiger partial charge in [-0.05, 0) is 35.4 Å². The summed E-state index contributed by atoms with van der Waals surface area (Å²) in [7, 11) is 0. The highest BCUT2D eigenvalue weighted by atomic mass is 19.4. The molecule has 0 atom stereocenters. The first-order valence-corrected chi connectivity index (χ1v) is 7.22. The van der Waals surface area contributed by atoms with Gasteiger partial charge >= 0.3 is 12.4 Å². The normalized spacial score (nSPS) is 13.3. The van der Waals surface area contributed by atoms with E-state index in [2.05, 4.69) is 0 Å². The van der Waals surface area contributed by atoms with Crippen LogP contribution in [0.3, 0.4) is 0 Å². The Labute approximate surface area is 140 Å². The molecule has 25 heavy (non-hydrogen) atoms. The van der Waals surface area contributed by atoms with Gasteiger partial charge in [-0.25, -0.2) is 0 Å². The molecule has 136 valence electrons. The molecule has 2 nitrogen and oxygen atoms in total. The van der Waals surface area contributed by atoms with Crippen molar-refractivity contribution < 1.29 is 26.3 Å². The van der Waals surface area contributed by atoms with Gasteiger partial charge in [0.15, 0.2) is 5.92 Å². The lowest BCUT2D eigenvalue weighted by molar-refractivity contribution is -0.298. The van der Waals surface area contributed by atoms with Crippen molar-refractivity contribution in [3.05, 3.63) is 59.7 Å². The third kappa shape index (κ3) is 3.67. The topological polar surface area (TPSA) is 52.0 Å². The predicted molar refractivity (Wildman–Crippen MR) is 83.8 cm³/mol. The highest BCUT2D eigenvalue weighted by Gasteiger charge is 2.65. The fourth-order valence-electron chi connectivity index (χ4n) is 3.00. The van der Waals surface area contributed by atoms with Gasteiger partial charge in [0.05, 0.1) is 0 Å². The van der Waals surface area contributed by atoms with E-state index < -0.39 is 23.7 Å². The molecule has 0 amide bonds. The molecule has 2 aromatic rings. The van der Waals surface area contributed by atoms with Crippen molar-refractivity contribution in [3.8, 4) is 0 Å². The maximum atomic E-state index is 13.5. The molecule has 0 bridgehead atoms. The van der Waals surface area contributed by atoms with Gasteiger partial charge in [0.1, 0.15) is 0 Å². The lowest BCUT2D eigenvalue weighted by Gasteiger charge is -2.40. The molecule has 4 N–H and O–H groups in total. The minimum absolute atomic E-state index is 0.147. The monoisotopic (exact) mass is 362 g/mol. The second-order valence-corrected chi connectivity index (χ2v) is 5.96. The van der Waals surface area contributed by atoms with E-state index in [1.165, 1.54) is 48.5 Å². The summed E-state index contributed by atoms with van der Waals surface area (Å²) in [6.45, 7) is 0.926. The van der Waals surface area contributed by atoms with Crippen LogP contribution in [0.25, 0.3) is 0 Å². The van der Waals surface area contributed by atoms with Crippen LogP contribution in [0.15, 0.2) is 48.5 Å². The second kappa shape index (κ2) is 6.16. The molecule has 0 aliphatic carbocycles. The predicted octanol–water partition coefficient (Wildman–Crippen LogP) is 4.90. The number of nitrogens with two attached hydrogens (primary N) is 2. The van der Waals surface area contributed by atoms with Gasteiger partial charge in [0.25, 0.3) is 0 Å². The van der Waals surface area contributed by atoms with Crippen molar-refractivity contribution in [2.45, 2.75) is 24.7 Å². The Balaban J connectivity index is 2.79. The number of alkyl halides is 6. The van der Waals surface area contributed by atoms with Crippen LogP contribution >= 0.6 is 0 Å². The first-order chi connectivity index (χ1) is 11.4. The van der Waals surface area contributed by atoms with Crippen LogP contribution in [-0.4, -0.2) is 12.4 Å². The van der Waals surface area contributed by atoms with Gasteiger partial charge in [0.2, 0.25) is 0 Å². The molecule has 2 aromatic carbocycles. The highest BCUT2D eigenvalue weighted by molar-refractivity contribution is 5.49. The highest BCUT2D eigenvalue weighted by Crippen LogP contribution is 2.53. The largest absolute Gasteiger partial charge is 0.401 e. The summed E-state index contributed by atoms with van der Waals surface area (Å²) in [5, 5.41) is 0. The van der Waals surface area contributed by atoms with Crippen molar-refractivity contribution in [1.82, 2.24) is 0 Å². The molecule has 0 unspecified atom stereocenters. The van der Waals surface area contributed by atoms with Crippen molar-refractivity contribution in [1.29, 1.82) is 0 Å². The molecule has 0 aromatic heterocycles. The number of hydrogen-bond acceptors (Lipinski definition) is 2. The average molecular weight is 362 g/mol. The Morgan fingerprint density at radius 1 is 0.640 bits per heavy atom. The van der Waals surface area contributed by atoms with Gasteiger partial charge in [-0.2, -0.15) is 26.3 Å². The molecule has 0 heterocycles. The quantitative estimate of drug-likeness (QED) is 0.603. The third-order valence-corrected chi connectivity index (χ3v) is 4.25. The minimum atomic E-state index is -5.50. The summed E-state index contributed by atoms with van der Waals surface area (Å²) in [4.78, 5) is 0. The van der Waals surface area contributed by atoms with Crippen LogP contribution in [0, 0.1) is 5.92 Å². The van der Waals surface area contributed by atoms with Crippen LogP contribution < -0.4 is 11.5 Å². The molecule has 0 radical (unpaired) electrons. The maximum absolute atomic E-state index is 13.5. The van der Waals surface area contributed by atoms with E-state index in [0.717, 1.165) is 6.92 Å². The Kier molecular flexibility index (Phi) is 4.67. The first kappa shape index (κ1) is 19.0. The lowest BCUT2D eigenvalue weighted by Crippen LogP contribution is -2.50. The molecule has 0 spiro atoms. The molecule has 8 heteroatoms. The number of rotatable bonds is 3. The lowest BCUT2D eigenvalue weighted by atomic mass is 9.66. The summed E-state index contributed by atoms with van der Waals surface area (Å²) in [5.74, 6) is -3.60. The second-order valence-electron chi connectivity index (χ2n) is 5.96. The summed E-state index contributed by atoms with van der Waals surface area (Å²) in [5.41, 5.74) is 8.80. The third-order valence-electron chi connectivity index (χ3n) is 4.25. The zero-order valence-corrected chi connectivity index (χ0v) is 13.1. The van der Waals surface area contributed by atoms with E-state index >= 15 is 0 Å². The van der Waals surface area contributed by atoms with E-state index in [-0.39, 0.29) is 22.5 Å². The minimum Gasteiger partial charge on any atom is -0.399 e. The Morgan fingerprint density at radius 2 is 0.920 bits per heavy atom. The van der Waals surface area contributed by atoms with E-state index in [1.807, 2.05) is 0 Å². The molecular weight excluding hydrogens is 346 g/mol. The van der Waals surface area contributed by atoms with Gasteiger partial charge in [-0.3, -0.25) is 0 Å². The molecule has 0 aliphatic rings. The van der Waals surface area contributed by atoms with Crippen LogP contribution in [0.2, 0.25) is 0 Å². The smallest absolute Gasteiger partial charge is 0.399 e. The average Bonchev–Trinajstić information content (AvgIpc) is 2.45. The maximum Gasteiger partial charge on any atom is 0.401 e. The van der Waals surface area contributed by atoms with Gasteiger partial charge in [0, 0.05) is 16.8 Å². The fraction of sp³-hybridized carbons (Fsp3) is 0.294. The first-order valence-electron chi connectivity index (χ1n) is 7.22. The number of nitrogen functional groups attached to an aromatic ring is 2. The van der Waals surface area contributed by atoms with Crippen LogP contribution in [-0.2, 0) is 5.41 Å². The molecule has 0 fully saturated rings. The Morgan fingerprint density at radius 3 is 1.16 bits per heavy atom. The SMILES string of the molecule is CC(c1ccc(N)cc1)(c1ccc(N)cc1)C(C(F)(F)F)C(F)(F)F. The van der Waals surface area contributed by atoms with Crippen molar-refractivity contribution in [3.63, 3.8) is 0 Å². The molecule has 2 rings (SSSR count). The Hall–Kier alpha value is -2.38. The molecule has 0 saturated heterocycles. The number of benzene rings is 2. The van der Waals surface area contributed by atoms with Crippen LogP contribution in [0.1, 0.15) is 18.1 Å². The van der Waals surface area contributed by atoms with E-state index in [9.17, 15) is 26.3 Å². The van der Waals surface area contributed by atoms with Crippen molar-refractivity contribution in [2.75, 3.05) is 11.5 Å². The van der Waals surface area contributed by atoms with E-state index in [4.69, 9.17) is 11.5 Å². The number of anilines is 2.